The Labute approximate surface area is 104 Å². The van der Waals surface area contributed by atoms with E-state index in [4.69, 9.17) is 9.47 Å². The Balaban J connectivity index is 2.54. The van der Waals surface area contributed by atoms with E-state index < -0.39 is 18.3 Å². The van der Waals surface area contributed by atoms with Crippen LogP contribution < -0.4 is 0 Å². The number of aliphatic hydroxyl groups excluding tert-OH is 2. The Bertz CT molecular complexity index is 157. The molecule has 4 unspecified atom stereocenters. The van der Waals surface area contributed by atoms with Crippen LogP contribution in [0.3, 0.4) is 0 Å². The van der Waals surface area contributed by atoms with E-state index in [1.807, 2.05) is 0 Å². The first-order valence-corrected chi connectivity index (χ1v) is 6.97. The van der Waals surface area contributed by atoms with E-state index in [1.165, 1.54) is 0 Å². The highest BCUT2D eigenvalue weighted by molar-refractivity contribution is 14.1. The fourth-order valence-corrected chi connectivity index (χ4v) is 2.45. The molecule has 78 valence electrons. The second-order valence-corrected chi connectivity index (χ2v) is 4.58. The van der Waals surface area contributed by atoms with E-state index in [1.54, 1.807) is 0 Å². The van der Waals surface area contributed by atoms with Crippen LogP contribution in [0.15, 0.2) is 0 Å². The minimum Gasteiger partial charge on any atom is -0.390 e. The summed E-state index contributed by atoms with van der Waals surface area (Å²) in [7, 11) is 0. The van der Waals surface area contributed by atoms with Crippen LogP contribution in [-0.2, 0) is 9.47 Å². The molecule has 0 radical (unpaired) electrons. The molecule has 1 aliphatic heterocycles. The van der Waals surface area contributed by atoms with Gasteiger partial charge in [0.25, 0.3) is 0 Å². The third-order valence-electron chi connectivity index (χ3n) is 1.95. The lowest BCUT2D eigenvalue weighted by molar-refractivity contribution is -0.241. The first-order valence-electron chi connectivity index (χ1n) is 3.92. The van der Waals surface area contributed by atoms with Gasteiger partial charge in [-0.3, -0.25) is 0 Å². The minimum absolute atomic E-state index is 0.156. The molecule has 0 amide bonds. The van der Waals surface area contributed by atoms with Gasteiger partial charge in [-0.15, -0.1) is 0 Å². The third-order valence-corrected chi connectivity index (χ3v) is 3.72. The van der Waals surface area contributed by atoms with Crippen molar-refractivity contribution in [2.75, 3.05) is 15.6 Å². The molecule has 1 fully saturated rings. The maximum atomic E-state index is 9.71. The number of rotatable bonds is 3. The van der Waals surface area contributed by atoms with Crippen LogP contribution in [0.5, 0.6) is 0 Å². The lowest BCUT2D eigenvalue weighted by Crippen LogP contribution is -2.52. The van der Waals surface area contributed by atoms with Crippen molar-refractivity contribution in [3.63, 3.8) is 0 Å². The second kappa shape index (κ2) is 6.01. The molecule has 4 atom stereocenters. The first kappa shape index (κ1) is 12.4. The van der Waals surface area contributed by atoms with Crippen LogP contribution in [-0.4, -0.2) is 50.3 Å². The Morgan fingerprint density at radius 1 is 1.38 bits per heavy atom. The predicted octanol–water partition coefficient (Wildman–Crippen LogP) is 0.320. The van der Waals surface area contributed by atoms with Gasteiger partial charge in [0.05, 0.1) is 12.2 Å². The molecule has 0 aromatic rings. The summed E-state index contributed by atoms with van der Waals surface area (Å²) in [6.45, 7) is 0.156. The van der Waals surface area contributed by atoms with E-state index in [0.717, 1.165) is 0 Å². The fraction of sp³-hybridized carbons (Fsp3) is 1.00. The molecule has 4 nitrogen and oxygen atoms in total. The molecule has 13 heavy (non-hydrogen) atoms. The van der Waals surface area contributed by atoms with Crippen molar-refractivity contribution >= 4 is 45.2 Å². The van der Waals surface area contributed by atoms with Crippen molar-refractivity contribution in [2.24, 2.45) is 0 Å². The molecule has 0 aliphatic carbocycles. The number of ether oxygens (including phenoxy) is 2. The van der Waals surface area contributed by atoms with Crippen LogP contribution in [0.2, 0.25) is 0 Å². The molecule has 0 bridgehead atoms. The molecular formula is C7H12I2O4. The van der Waals surface area contributed by atoms with Crippen molar-refractivity contribution in [3.8, 4) is 0 Å². The van der Waals surface area contributed by atoms with Gasteiger partial charge in [-0.25, -0.2) is 0 Å². The summed E-state index contributed by atoms with van der Waals surface area (Å²) < 4.78 is 11.6. The largest absolute Gasteiger partial charge is 0.390 e. The number of halogens is 2. The lowest BCUT2D eigenvalue weighted by atomic mass is 10.0. The SMILES string of the molecule is OC(CI)C1OCOC(CI)C1O. The number of alkyl halides is 2. The zero-order valence-corrected chi connectivity index (χ0v) is 11.2. The van der Waals surface area contributed by atoms with E-state index in [0.29, 0.717) is 8.86 Å². The molecule has 0 aromatic carbocycles. The van der Waals surface area contributed by atoms with Gasteiger partial charge in [-0.05, 0) is 0 Å². The number of aliphatic hydroxyl groups is 2. The summed E-state index contributed by atoms with van der Waals surface area (Å²) in [5.74, 6) is 0. The summed E-state index contributed by atoms with van der Waals surface area (Å²) in [5.41, 5.74) is 0. The van der Waals surface area contributed by atoms with Crippen LogP contribution in [0, 0.1) is 0 Å². The highest BCUT2D eigenvalue weighted by atomic mass is 127. The highest BCUT2D eigenvalue weighted by Crippen LogP contribution is 2.19. The third kappa shape index (κ3) is 3.13. The van der Waals surface area contributed by atoms with Gasteiger partial charge in [-0.2, -0.15) is 0 Å². The van der Waals surface area contributed by atoms with Crippen molar-refractivity contribution in [1.29, 1.82) is 0 Å². The first-order chi connectivity index (χ1) is 6.20. The Morgan fingerprint density at radius 2 is 2.08 bits per heavy atom. The number of hydrogen-bond donors (Lipinski definition) is 2. The van der Waals surface area contributed by atoms with E-state index in [9.17, 15) is 10.2 Å². The van der Waals surface area contributed by atoms with E-state index in [2.05, 4.69) is 45.2 Å². The molecule has 1 heterocycles. The quantitative estimate of drug-likeness (QED) is 0.517. The fourth-order valence-electron chi connectivity index (χ4n) is 1.18. The molecule has 1 saturated heterocycles. The van der Waals surface area contributed by atoms with Crippen LogP contribution >= 0.6 is 45.2 Å². The summed E-state index contributed by atoms with van der Waals surface area (Å²) in [6.07, 6.45) is -2.08. The molecule has 1 aliphatic rings. The van der Waals surface area contributed by atoms with Gasteiger partial charge in [0.15, 0.2) is 0 Å². The normalized spacial score (nSPS) is 37.4. The lowest BCUT2D eigenvalue weighted by Gasteiger charge is -2.35. The summed E-state index contributed by atoms with van der Waals surface area (Å²) in [5, 5.41) is 19.2. The van der Waals surface area contributed by atoms with Crippen molar-refractivity contribution in [1.82, 2.24) is 0 Å². The van der Waals surface area contributed by atoms with E-state index >= 15 is 0 Å². The standard InChI is InChI=1S/C7H12I2O4/c8-1-4(10)7-6(11)5(2-9)12-3-13-7/h4-7,10-11H,1-3H2. The van der Waals surface area contributed by atoms with Crippen LogP contribution in [0.4, 0.5) is 0 Å². The van der Waals surface area contributed by atoms with E-state index in [-0.39, 0.29) is 12.9 Å². The molecule has 2 N–H and O–H groups in total. The molecule has 1 rings (SSSR count). The maximum absolute atomic E-state index is 9.71. The van der Waals surface area contributed by atoms with Crippen molar-refractivity contribution in [3.05, 3.63) is 0 Å². The number of hydrogen-bond acceptors (Lipinski definition) is 4. The highest BCUT2D eigenvalue weighted by Gasteiger charge is 2.36. The second-order valence-electron chi connectivity index (χ2n) is 2.82. The zero-order chi connectivity index (χ0) is 9.84. The van der Waals surface area contributed by atoms with Gasteiger partial charge in [0, 0.05) is 8.86 Å². The van der Waals surface area contributed by atoms with Crippen molar-refractivity contribution < 1.29 is 19.7 Å². The van der Waals surface area contributed by atoms with Gasteiger partial charge in [0.1, 0.15) is 19.0 Å². The Kier molecular flexibility index (Phi) is 5.72. The smallest absolute Gasteiger partial charge is 0.147 e. The maximum Gasteiger partial charge on any atom is 0.147 e. The van der Waals surface area contributed by atoms with Gasteiger partial charge in [0.2, 0.25) is 0 Å². The summed E-state index contributed by atoms with van der Waals surface area (Å²) in [4.78, 5) is 0. The Hall–Kier alpha value is 1.30. The van der Waals surface area contributed by atoms with Crippen molar-refractivity contribution in [2.45, 2.75) is 24.4 Å². The van der Waals surface area contributed by atoms with Gasteiger partial charge in [-0.1, -0.05) is 45.2 Å². The Morgan fingerprint density at radius 3 is 2.62 bits per heavy atom. The molecular weight excluding hydrogens is 402 g/mol. The van der Waals surface area contributed by atoms with Crippen LogP contribution in [0.25, 0.3) is 0 Å². The zero-order valence-electron chi connectivity index (χ0n) is 6.90. The average molecular weight is 414 g/mol. The summed E-state index contributed by atoms with van der Waals surface area (Å²) in [6, 6.07) is 0. The molecule has 0 saturated carbocycles. The molecule has 6 heteroatoms. The summed E-state index contributed by atoms with van der Waals surface area (Å²) >= 11 is 4.20. The average Bonchev–Trinajstić information content (AvgIpc) is 2.17. The molecule has 0 aromatic heterocycles. The van der Waals surface area contributed by atoms with Gasteiger partial charge >= 0.3 is 0 Å². The minimum atomic E-state index is -0.726. The predicted molar refractivity (Wildman–Crippen MR) is 64.4 cm³/mol. The van der Waals surface area contributed by atoms with Gasteiger partial charge < -0.3 is 19.7 Å². The molecule has 0 spiro atoms. The topological polar surface area (TPSA) is 58.9 Å². The van der Waals surface area contributed by atoms with Crippen LogP contribution in [0.1, 0.15) is 0 Å². The monoisotopic (exact) mass is 414 g/mol.